The van der Waals surface area contributed by atoms with Crippen LogP contribution in [0, 0.1) is 24.6 Å². The Morgan fingerprint density at radius 1 is 1.44 bits per heavy atom. The molecule has 88 valence electrons. The van der Waals surface area contributed by atoms with Gasteiger partial charge in [0.2, 0.25) is 0 Å². The molecule has 1 heterocycles. The maximum atomic E-state index is 13.6. The van der Waals surface area contributed by atoms with E-state index in [1.807, 2.05) is 0 Å². The average Bonchev–Trinajstić information content (AvgIpc) is 2.67. The molecule has 16 heavy (non-hydrogen) atoms. The van der Waals surface area contributed by atoms with Crippen molar-refractivity contribution >= 4 is 5.82 Å². The summed E-state index contributed by atoms with van der Waals surface area (Å²) in [5.74, 6) is 1.40. The van der Waals surface area contributed by atoms with Crippen molar-refractivity contribution in [3.8, 4) is 0 Å². The maximum Gasteiger partial charge on any atom is 0.186 e. The molecule has 3 nitrogen and oxygen atoms in total. The Morgan fingerprint density at radius 3 is 2.94 bits per heavy atom. The lowest BCUT2D eigenvalue weighted by molar-refractivity contribution is 0.438. The molecule has 2 rings (SSSR count). The first-order valence-corrected chi connectivity index (χ1v) is 5.89. The van der Waals surface area contributed by atoms with Crippen LogP contribution in [-0.2, 0) is 0 Å². The molecule has 1 saturated carbocycles. The predicted octanol–water partition coefficient (Wildman–Crippen LogP) is 2.77. The van der Waals surface area contributed by atoms with Gasteiger partial charge >= 0.3 is 0 Å². The van der Waals surface area contributed by atoms with Crippen LogP contribution in [0.5, 0.6) is 0 Å². The van der Waals surface area contributed by atoms with Crippen molar-refractivity contribution in [3.05, 3.63) is 17.8 Å². The average molecular weight is 223 g/mol. The van der Waals surface area contributed by atoms with Crippen molar-refractivity contribution in [3.63, 3.8) is 0 Å². The van der Waals surface area contributed by atoms with E-state index in [0.29, 0.717) is 17.4 Å². The van der Waals surface area contributed by atoms with E-state index < -0.39 is 0 Å². The topological polar surface area (TPSA) is 37.8 Å². The Balaban J connectivity index is 1.96. The predicted molar refractivity (Wildman–Crippen MR) is 61.7 cm³/mol. The lowest BCUT2D eigenvalue weighted by atomic mass is 9.98. The molecule has 0 aliphatic heterocycles. The highest BCUT2D eigenvalue weighted by Gasteiger charge is 2.23. The van der Waals surface area contributed by atoms with Gasteiger partial charge in [-0.2, -0.15) is 0 Å². The Labute approximate surface area is 95.5 Å². The van der Waals surface area contributed by atoms with Crippen molar-refractivity contribution < 1.29 is 4.39 Å². The van der Waals surface area contributed by atoms with Crippen molar-refractivity contribution in [2.75, 3.05) is 11.9 Å². The van der Waals surface area contributed by atoms with E-state index in [1.165, 1.54) is 25.6 Å². The van der Waals surface area contributed by atoms with Crippen LogP contribution in [0.25, 0.3) is 0 Å². The standard InChI is InChI=1S/C12H18FN3/c1-8-4-3-5-10(8)6-14-12-11(13)9(2)15-7-16-12/h7-8,10H,3-6H2,1-2H3,(H,14,15,16). The van der Waals surface area contributed by atoms with Crippen LogP contribution < -0.4 is 5.32 Å². The van der Waals surface area contributed by atoms with Gasteiger partial charge in [-0.3, -0.25) is 0 Å². The molecule has 1 aromatic rings. The number of nitrogens with zero attached hydrogens (tertiary/aromatic N) is 2. The van der Waals surface area contributed by atoms with Crippen LogP contribution in [0.2, 0.25) is 0 Å². The number of nitrogens with one attached hydrogen (secondary N) is 1. The first-order valence-electron chi connectivity index (χ1n) is 5.89. The molecule has 2 unspecified atom stereocenters. The molecule has 1 N–H and O–H groups in total. The molecule has 1 aliphatic carbocycles. The minimum atomic E-state index is -0.326. The maximum absolute atomic E-state index is 13.6. The zero-order chi connectivity index (χ0) is 11.5. The number of aryl methyl sites for hydroxylation is 1. The molecular weight excluding hydrogens is 205 g/mol. The number of hydrogen-bond donors (Lipinski definition) is 1. The van der Waals surface area contributed by atoms with E-state index in [-0.39, 0.29) is 5.82 Å². The molecule has 0 aromatic carbocycles. The summed E-state index contributed by atoms with van der Waals surface area (Å²) in [5.41, 5.74) is 0.400. The third-order valence-electron chi connectivity index (χ3n) is 3.53. The molecule has 2 atom stereocenters. The molecule has 0 spiro atoms. The van der Waals surface area contributed by atoms with Gasteiger partial charge in [-0.25, -0.2) is 14.4 Å². The monoisotopic (exact) mass is 223 g/mol. The highest BCUT2D eigenvalue weighted by Crippen LogP contribution is 2.31. The Morgan fingerprint density at radius 2 is 2.25 bits per heavy atom. The van der Waals surface area contributed by atoms with Gasteiger partial charge in [0.05, 0.1) is 5.69 Å². The van der Waals surface area contributed by atoms with Crippen molar-refractivity contribution in [1.82, 2.24) is 9.97 Å². The highest BCUT2D eigenvalue weighted by atomic mass is 19.1. The summed E-state index contributed by atoms with van der Waals surface area (Å²) in [4.78, 5) is 7.74. The molecule has 0 radical (unpaired) electrons. The van der Waals surface area contributed by atoms with Gasteiger partial charge in [-0.1, -0.05) is 19.8 Å². The number of halogens is 1. The molecule has 0 bridgehead atoms. The highest BCUT2D eigenvalue weighted by molar-refractivity contribution is 5.36. The second-order valence-corrected chi connectivity index (χ2v) is 4.67. The third-order valence-corrected chi connectivity index (χ3v) is 3.53. The fourth-order valence-corrected chi connectivity index (χ4v) is 2.33. The summed E-state index contributed by atoms with van der Waals surface area (Å²) >= 11 is 0. The van der Waals surface area contributed by atoms with E-state index in [9.17, 15) is 4.39 Å². The molecular formula is C12H18FN3. The second kappa shape index (κ2) is 4.76. The summed E-state index contributed by atoms with van der Waals surface area (Å²) in [6, 6.07) is 0. The van der Waals surface area contributed by atoms with Crippen LogP contribution in [0.1, 0.15) is 31.9 Å². The smallest absolute Gasteiger partial charge is 0.186 e. The Bertz CT molecular complexity index is 367. The van der Waals surface area contributed by atoms with Gasteiger partial charge in [0, 0.05) is 6.54 Å². The molecule has 1 fully saturated rings. The molecule has 0 amide bonds. The summed E-state index contributed by atoms with van der Waals surface area (Å²) in [5, 5.41) is 3.10. The molecule has 1 aliphatic rings. The number of rotatable bonds is 3. The Kier molecular flexibility index (Phi) is 3.36. The van der Waals surface area contributed by atoms with Gasteiger partial charge in [0.25, 0.3) is 0 Å². The van der Waals surface area contributed by atoms with Gasteiger partial charge in [0.1, 0.15) is 6.33 Å². The second-order valence-electron chi connectivity index (χ2n) is 4.67. The first kappa shape index (κ1) is 11.3. The van der Waals surface area contributed by atoms with Crippen LogP contribution in [0.3, 0.4) is 0 Å². The van der Waals surface area contributed by atoms with E-state index in [2.05, 4.69) is 22.2 Å². The fraction of sp³-hybridized carbons (Fsp3) is 0.667. The lowest BCUT2D eigenvalue weighted by Gasteiger charge is -2.16. The zero-order valence-electron chi connectivity index (χ0n) is 9.83. The van der Waals surface area contributed by atoms with Crippen molar-refractivity contribution in [2.45, 2.75) is 33.1 Å². The lowest BCUT2D eigenvalue weighted by Crippen LogP contribution is -2.18. The Hall–Kier alpha value is -1.19. The van der Waals surface area contributed by atoms with Gasteiger partial charge in [-0.05, 0) is 25.2 Å². The van der Waals surface area contributed by atoms with E-state index in [1.54, 1.807) is 6.92 Å². The minimum absolute atomic E-state index is 0.326. The van der Waals surface area contributed by atoms with Gasteiger partial charge in [-0.15, -0.1) is 0 Å². The van der Waals surface area contributed by atoms with Gasteiger partial charge < -0.3 is 5.32 Å². The largest absolute Gasteiger partial charge is 0.367 e. The SMILES string of the molecule is Cc1ncnc(NCC2CCCC2C)c1F. The van der Waals surface area contributed by atoms with Crippen LogP contribution >= 0.6 is 0 Å². The fourth-order valence-electron chi connectivity index (χ4n) is 2.33. The zero-order valence-corrected chi connectivity index (χ0v) is 9.83. The van der Waals surface area contributed by atoms with E-state index in [0.717, 1.165) is 12.5 Å². The third kappa shape index (κ3) is 2.31. The normalized spacial score (nSPS) is 24.7. The quantitative estimate of drug-likeness (QED) is 0.856. The number of hydrogen-bond acceptors (Lipinski definition) is 3. The van der Waals surface area contributed by atoms with Crippen LogP contribution in [0.4, 0.5) is 10.2 Å². The van der Waals surface area contributed by atoms with Gasteiger partial charge in [0.15, 0.2) is 11.6 Å². The summed E-state index contributed by atoms with van der Waals surface area (Å²) < 4.78 is 13.6. The first-order chi connectivity index (χ1) is 7.68. The molecule has 0 saturated heterocycles. The molecule has 1 aromatic heterocycles. The summed E-state index contributed by atoms with van der Waals surface area (Å²) in [7, 11) is 0. The number of aromatic nitrogens is 2. The van der Waals surface area contributed by atoms with Crippen LogP contribution in [-0.4, -0.2) is 16.5 Å². The minimum Gasteiger partial charge on any atom is -0.367 e. The summed E-state index contributed by atoms with van der Waals surface area (Å²) in [6.07, 6.45) is 5.22. The molecule has 4 heteroatoms. The number of anilines is 1. The van der Waals surface area contributed by atoms with Crippen LogP contribution in [0.15, 0.2) is 6.33 Å². The van der Waals surface area contributed by atoms with Crippen molar-refractivity contribution in [2.24, 2.45) is 11.8 Å². The van der Waals surface area contributed by atoms with E-state index >= 15 is 0 Å². The summed E-state index contributed by atoms with van der Waals surface area (Å²) in [6.45, 7) is 4.73. The van der Waals surface area contributed by atoms with E-state index in [4.69, 9.17) is 0 Å². The van der Waals surface area contributed by atoms with Crippen molar-refractivity contribution in [1.29, 1.82) is 0 Å².